The quantitative estimate of drug-likeness (QED) is 0.766. The van der Waals surface area contributed by atoms with Gasteiger partial charge < -0.3 is 15.5 Å². The van der Waals surface area contributed by atoms with E-state index in [2.05, 4.69) is 10.6 Å². The van der Waals surface area contributed by atoms with Crippen molar-refractivity contribution in [2.45, 2.75) is 26.2 Å². The second-order valence-corrected chi connectivity index (χ2v) is 6.03. The third kappa shape index (κ3) is 5.18. The predicted molar refractivity (Wildman–Crippen MR) is 92.4 cm³/mol. The van der Waals surface area contributed by atoms with E-state index in [0.717, 1.165) is 0 Å². The number of nitriles is 1. The monoisotopic (exact) mass is 346 g/mol. The summed E-state index contributed by atoms with van der Waals surface area (Å²) in [6.45, 7) is 3.79. The smallest absolute Gasteiger partial charge is 0.223 e. The standard InChI is InChI=1S/C18H23FN4O2/c1-2-17(24)21-7-8-22-18(25)14-5-9-23(10-6-14)16-4-3-13(12-20)11-15(16)19/h3-4,11,14H,2,5-10H2,1H3,(H,21,24)(H,22,25). The molecule has 0 atom stereocenters. The fourth-order valence-corrected chi connectivity index (χ4v) is 2.87. The van der Waals surface area contributed by atoms with Gasteiger partial charge in [0, 0.05) is 38.5 Å². The van der Waals surface area contributed by atoms with Gasteiger partial charge in [0.05, 0.1) is 17.3 Å². The lowest BCUT2D eigenvalue weighted by Gasteiger charge is -2.33. The van der Waals surface area contributed by atoms with E-state index in [9.17, 15) is 14.0 Å². The van der Waals surface area contributed by atoms with E-state index >= 15 is 0 Å². The molecule has 1 saturated heterocycles. The molecule has 1 aliphatic heterocycles. The molecule has 2 rings (SSSR count). The van der Waals surface area contributed by atoms with Gasteiger partial charge in [0.25, 0.3) is 0 Å². The summed E-state index contributed by atoms with van der Waals surface area (Å²) in [6.07, 6.45) is 1.72. The van der Waals surface area contributed by atoms with Crippen molar-refractivity contribution < 1.29 is 14.0 Å². The van der Waals surface area contributed by atoms with Crippen LogP contribution < -0.4 is 15.5 Å². The fourth-order valence-electron chi connectivity index (χ4n) is 2.87. The first kappa shape index (κ1) is 18.7. The van der Waals surface area contributed by atoms with Crippen molar-refractivity contribution >= 4 is 17.5 Å². The molecule has 2 amide bonds. The van der Waals surface area contributed by atoms with Crippen LogP contribution in [0.2, 0.25) is 0 Å². The summed E-state index contributed by atoms with van der Waals surface area (Å²) in [7, 11) is 0. The molecule has 0 spiro atoms. The minimum Gasteiger partial charge on any atom is -0.369 e. The molecule has 6 nitrogen and oxygen atoms in total. The molecule has 2 N–H and O–H groups in total. The molecule has 1 heterocycles. The van der Waals surface area contributed by atoms with E-state index in [1.807, 2.05) is 11.0 Å². The number of rotatable bonds is 6. The molecule has 1 aliphatic rings. The maximum atomic E-state index is 14.1. The summed E-state index contributed by atoms with van der Waals surface area (Å²) in [6, 6.07) is 6.37. The van der Waals surface area contributed by atoms with Gasteiger partial charge in [-0.25, -0.2) is 4.39 Å². The van der Waals surface area contributed by atoms with Crippen molar-refractivity contribution in [2.24, 2.45) is 5.92 Å². The molecule has 0 aliphatic carbocycles. The number of nitrogens with one attached hydrogen (secondary N) is 2. The Kier molecular flexibility index (Phi) is 6.75. The van der Waals surface area contributed by atoms with Crippen molar-refractivity contribution in [1.82, 2.24) is 10.6 Å². The maximum Gasteiger partial charge on any atom is 0.223 e. The highest BCUT2D eigenvalue weighted by atomic mass is 19.1. The van der Waals surface area contributed by atoms with Crippen LogP contribution in [0.15, 0.2) is 18.2 Å². The number of piperidine rings is 1. The fraction of sp³-hybridized carbons (Fsp3) is 0.500. The second-order valence-electron chi connectivity index (χ2n) is 6.03. The average molecular weight is 346 g/mol. The second kappa shape index (κ2) is 9.02. The van der Waals surface area contributed by atoms with Crippen molar-refractivity contribution in [2.75, 3.05) is 31.1 Å². The molecule has 25 heavy (non-hydrogen) atoms. The first-order valence-corrected chi connectivity index (χ1v) is 8.54. The van der Waals surface area contributed by atoms with E-state index in [-0.39, 0.29) is 17.7 Å². The molecular formula is C18H23FN4O2. The van der Waals surface area contributed by atoms with E-state index in [4.69, 9.17) is 5.26 Å². The van der Waals surface area contributed by atoms with E-state index < -0.39 is 5.82 Å². The van der Waals surface area contributed by atoms with Crippen molar-refractivity contribution in [3.63, 3.8) is 0 Å². The summed E-state index contributed by atoms with van der Waals surface area (Å²) in [5, 5.41) is 14.3. The Morgan fingerprint density at radius 3 is 2.56 bits per heavy atom. The Labute approximate surface area is 147 Å². The Morgan fingerprint density at radius 1 is 1.28 bits per heavy atom. The summed E-state index contributed by atoms with van der Waals surface area (Å²) in [5.74, 6) is -0.564. The molecule has 1 aromatic rings. The third-order valence-electron chi connectivity index (χ3n) is 4.35. The molecule has 0 unspecified atom stereocenters. The van der Waals surface area contributed by atoms with Crippen LogP contribution in [0.1, 0.15) is 31.7 Å². The van der Waals surface area contributed by atoms with Gasteiger partial charge in [-0.05, 0) is 31.0 Å². The van der Waals surface area contributed by atoms with Crippen LogP contribution in [0.3, 0.4) is 0 Å². The average Bonchev–Trinajstić information content (AvgIpc) is 2.64. The molecular weight excluding hydrogens is 323 g/mol. The number of carbonyl (C=O) groups is 2. The van der Waals surface area contributed by atoms with Crippen molar-refractivity contribution in [1.29, 1.82) is 5.26 Å². The Balaban J connectivity index is 1.78. The molecule has 0 radical (unpaired) electrons. The van der Waals surface area contributed by atoms with Gasteiger partial charge in [0.15, 0.2) is 0 Å². The molecule has 1 fully saturated rings. The number of carbonyl (C=O) groups excluding carboxylic acids is 2. The Hall–Kier alpha value is -2.62. The molecule has 134 valence electrons. The van der Waals surface area contributed by atoms with Crippen LogP contribution in [0, 0.1) is 23.1 Å². The van der Waals surface area contributed by atoms with Gasteiger partial charge in [0.1, 0.15) is 5.82 Å². The number of hydrogen-bond acceptors (Lipinski definition) is 4. The van der Waals surface area contributed by atoms with Crippen LogP contribution in [-0.2, 0) is 9.59 Å². The lowest BCUT2D eigenvalue weighted by atomic mass is 9.95. The van der Waals surface area contributed by atoms with Crippen LogP contribution in [0.5, 0.6) is 0 Å². The number of hydrogen-bond donors (Lipinski definition) is 2. The first-order valence-electron chi connectivity index (χ1n) is 8.54. The van der Waals surface area contributed by atoms with Gasteiger partial charge in [0.2, 0.25) is 11.8 Å². The van der Waals surface area contributed by atoms with Gasteiger partial charge in [-0.15, -0.1) is 0 Å². The first-order chi connectivity index (χ1) is 12.0. The third-order valence-corrected chi connectivity index (χ3v) is 4.35. The number of halogens is 1. The topological polar surface area (TPSA) is 85.2 Å². The largest absolute Gasteiger partial charge is 0.369 e. The van der Waals surface area contributed by atoms with Crippen LogP contribution in [0.4, 0.5) is 10.1 Å². The molecule has 7 heteroatoms. The molecule has 0 bridgehead atoms. The normalized spacial score (nSPS) is 14.7. The summed E-state index contributed by atoms with van der Waals surface area (Å²) in [4.78, 5) is 25.2. The minimum atomic E-state index is -0.409. The van der Waals surface area contributed by atoms with Gasteiger partial charge in [-0.1, -0.05) is 6.92 Å². The van der Waals surface area contributed by atoms with Crippen molar-refractivity contribution in [3.05, 3.63) is 29.6 Å². The summed E-state index contributed by atoms with van der Waals surface area (Å²) >= 11 is 0. The number of anilines is 1. The zero-order valence-corrected chi connectivity index (χ0v) is 14.3. The minimum absolute atomic E-state index is 0.0225. The van der Waals surface area contributed by atoms with Crippen LogP contribution >= 0.6 is 0 Å². The molecule has 0 saturated carbocycles. The van der Waals surface area contributed by atoms with E-state index in [0.29, 0.717) is 56.7 Å². The number of amides is 2. The van der Waals surface area contributed by atoms with Gasteiger partial charge in [-0.3, -0.25) is 9.59 Å². The zero-order chi connectivity index (χ0) is 18.2. The van der Waals surface area contributed by atoms with Crippen LogP contribution in [-0.4, -0.2) is 38.0 Å². The lowest BCUT2D eigenvalue weighted by molar-refractivity contribution is -0.126. The van der Waals surface area contributed by atoms with Crippen LogP contribution in [0.25, 0.3) is 0 Å². The molecule has 1 aromatic carbocycles. The van der Waals surface area contributed by atoms with E-state index in [1.54, 1.807) is 19.1 Å². The summed E-state index contributed by atoms with van der Waals surface area (Å²) in [5.41, 5.74) is 0.769. The maximum absolute atomic E-state index is 14.1. The van der Waals surface area contributed by atoms with Crippen molar-refractivity contribution in [3.8, 4) is 6.07 Å². The highest BCUT2D eigenvalue weighted by molar-refractivity contribution is 5.79. The molecule has 0 aromatic heterocycles. The van der Waals surface area contributed by atoms with Gasteiger partial charge in [-0.2, -0.15) is 5.26 Å². The highest BCUT2D eigenvalue weighted by Crippen LogP contribution is 2.26. The number of benzene rings is 1. The SMILES string of the molecule is CCC(=O)NCCNC(=O)C1CCN(c2ccc(C#N)cc2F)CC1. The predicted octanol–water partition coefficient (Wildman–Crippen LogP) is 1.56. The number of nitrogens with zero attached hydrogens (tertiary/aromatic N) is 2. The van der Waals surface area contributed by atoms with E-state index in [1.165, 1.54) is 6.07 Å². The Bertz CT molecular complexity index is 664. The Morgan fingerprint density at radius 2 is 1.96 bits per heavy atom. The highest BCUT2D eigenvalue weighted by Gasteiger charge is 2.26. The zero-order valence-electron chi connectivity index (χ0n) is 14.3. The lowest BCUT2D eigenvalue weighted by Crippen LogP contribution is -2.42. The van der Waals surface area contributed by atoms with Gasteiger partial charge >= 0.3 is 0 Å². The summed E-state index contributed by atoms with van der Waals surface area (Å²) < 4.78 is 14.1.